The molecule has 1 aromatic rings. The van der Waals surface area contributed by atoms with Gasteiger partial charge in [0.1, 0.15) is 0 Å². The van der Waals surface area contributed by atoms with E-state index < -0.39 is 0 Å². The summed E-state index contributed by atoms with van der Waals surface area (Å²) < 4.78 is 6.92. The molecular weight excluding hydrogens is 322 g/mol. The average Bonchev–Trinajstić information content (AvgIpc) is 2.36. The molecule has 0 radical (unpaired) electrons. The van der Waals surface area contributed by atoms with Crippen LogP contribution < -0.4 is 0 Å². The van der Waals surface area contributed by atoms with Crippen molar-refractivity contribution < 1.29 is 9.53 Å². The molecule has 0 aliphatic carbocycles. The Morgan fingerprint density at radius 2 is 2.45 bits per heavy atom. The van der Waals surface area contributed by atoms with Crippen LogP contribution in [-0.4, -0.2) is 27.1 Å². The SMILES string of the molecule is CCOC(=O)c1ccc(I)[se]1. The van der Waals surface area contributed by atoms with E-state index in [2.05, 4.69) is 22.6 Å². The predicted octanol–water partition coefficient (Wildman–Crippen LogP) is 1.52. The molecule has 60 valence electrons. The molecule has 0 fully saturated rings. The number of esters is 1. The van der Waals surface area contributed by atoms with E-state index in [0.717, 1.165) is 4.44 Å². The number of halogens is 1. The topological polar surface area (TPSA) is 26.3 Å². The minimum absolute atomic E-state index is 0.157. The molecule has 1 rings (SSSR count). The summed E-state index contributed by atoms with van der Waals surface area (Å²) in [6.45, 7) is 2.28. The average molecular weight is 329 g/mol. The fraction of sp³-hybridized carbons (Fsp3) is 0.286. The Balaban J connectivity index is 2.69. The number of hydrogen-bond acceptors (Lipinski definition) is 2. The molecule has 1 heterocycles. The fourth-order valence-corrected chi connectivity index (χ4v) is 3.35. The molecule has 1 aromatic heterocycles. The molecule has 11 heavy (non-hydrogen) atoms. The summed E-state index contributed by atoms with van der Waals surface area (Å²) in [5.74, 6) is -0.157. The molecule has 0 aromatic carbocycles. The summed E-state index contributed by atoms with van der Waals surface area (Å²) in [5.41, 5.74) is 0. The first-order valence-corrected chi connectivity index (χ1v) is 5.95. The molecule has 0 unspecified atom stereocenters. The first-order valence-electron chi connectivity index (χ1n) is 3.16. The van der Waals surface area contributed by atoms with Gasteiger partial charge in [-0.3, -0.25) is 0 Å². The first-order chi connectivity index (χ1) is 5.24. The molecule has 2 nitrogen and oxygen atoms in total. The Morgan fingerprint density at radius 1 is 1.73 bits per heavy atom. The van der Waals surface area contributed by atoms with Gasteiger partial charge in [0.05, 0.1) is 0 Å². The van der Waals surface area contributed by atoms with Crippen molar-refractivity contribution in [2.45, 2.75) is 6.92 Å². The molecule has 0 spiro atoms. The van der Waals surface area contributed by atoms with E-state index in [1.54, 1.807) is 0 Å². The first kappa shape index (κ1) is 9.29. The summed E-state index contributed by atoms with van der Waals surface area (Å²) in [6.07, 6.45) is 0. The second kappa shape index (κ2) is 4.28. The van der Waals surface area contributed by atoms with Crippen molar-refractivity contribution in [1.29, 1.82) is 0 Å². The molecular formula is C7H7IO2Se. The Hall–Kier alpha value is 0.199. The normalized spacial score (nSPS) is 9.64. The number of carbonyl (C=O) groups excluding carboxylic acids is 1. The summed E-state index contributed by atoms with van der Waals surface area (Å²) in [4.78, 5) is 11.1. The Bertz CT molecular complexity index is 257. The number of hydrogen-bond donors (Lipinski definition) is 0. The van der Waals surface area contributed by atoms with Gasteiger partial charge in [-0.2, -0.15) is 0 Å². The molecule has 0 amide bonds. The van der Waals surface area contributed by atoms with Crippen molar-refractivity contribution in [3.8, 4) is 0 Å². The van der Waals surface area contributed by atoms with Crippen LogP contribution in [0.25, 0.3) is 0 Å². The van der Waals surface area contributed by atoms with Gasteiger partial charge in [-0.15, -0.1) is 0 Å². The third kappa shape index (κ3) is 2.61. The van der Waals surface area contributed by atoms with Crippen molar-refractivity contribution in [3.63, 3.8) is 0 Å². The zero-order valence-electron chi connectivity index (χ0n) is 5.96. The fourth-order valence-electron chi connectivity index (χ4n) is 0.626. The van der Waals surface area contributed by atoms with Gasteiger partial charge in [-0.05, 0) is 0 Å². The molecule has 0 N–H and O–H groups in total. The number of carbonyl (C=O) groups is 1. The second-order valence-corrected chi connectivity index (χ2v) is 6.90. The van der Waals surface area contributed by atoms with Gasteiger partial charge < -0.3 is 0 Å². The van der Waals surface area contributed by atoms with E-state index in [1.807, 2.05) is 19.1 Å². The number of rotatable bonds is 2. The number of ether oxygens (including phenoxy) is 1. The van der Waals surface area contributed by atoms with Crippen molar-refractivity contribution >= 4 is 43.1 Å². The predicted molar refractivity (Wildman–Crippen MR) is 52.1 cm³/mol. The van der Waals surface area contributed by atoms with E-state index >= 15 is 0 Å². The van der Waals surface area contributed by atoms with Gasteiger partial charge in [0, 0.05) is 0 Å². The third-order valence-corrected chi connectivity index (χ3v) is 4.34. The summed E-state index contributed by atoms with van der Waals surface area (Å²) in [7, 11) is 0. The zero-order valence-corrected chi connectivity index (χ0v) is 9.84. The zero-order chi connectivity index (χ0) is 8.27. The van der Waals surface area contributed by atoms with Crippen LogP contribution in [-0.2, 0) is 4.74 Å². The van der Waals surface area contributed by atoms with E-state index in [9.17, 15) is 4.79 Å². The van der Waals surface area contributed by atoms with Crippen molar-refractivity contribution in [2.24, 2.45) is 0 Å². The summed E-state index contributed by atoms with van der Waals surface area (Å²) in [5, 5.41) is 0. The van der Waals surface area contributed by atoms with Crippen LogP contribution >= 0.6 is 22.6 Å². The van der Waals surface area contributed by atoms with Gasteiger partial charge in [-0.25, -0.2) is 0 Å². The molecule has 0 atom stereocenters. The Morgan fingerprint density at radius 3 is 2.91 bits per heavy atom. The summed E-state index contributed by atoms with van der Waals surface area (Å²) in [6, 6.07) is 3.81. The van der Waals surface area contributed by atoms with Crippen LogP contribution in [0.15, 0.2) is 12.1 Å². The van der Waals surface area contributed by atoms with Crippen molar-refractivity contribution in [2.75, 3.05) is 6.61 Å². The van der Waals surface area contributed by atoms with E-state index in [1.165, 1.54) is 2.44 Å². The third-order valence-electron chi connectivity index (χ3n) is 1.05. The van der Waals surface area contributed by atoms with Crippen LogP contribution in [0.5, 0.6) is 0 Å². The Labute approximate surface area is 84.8 Å². The quantitative estimate of drug-likeness (QED) is 0.467. The van der Waals surface area contributed by atoms with Crippen LogP contribution in [0, 0.1) is 2.44 Å². The van der Waals surface area contributed by atoms with Gasteiger partial charge in [0.25, 0.3) is 0 Å². The maximum absolute atomic E-state index is 11.1. The molecule has 0 aliphatic rings. The standard InChI is InChI=1S/C7H7IO2Se/c1-2-10-7(9)5-3-4-6(8)11-5/h3-4H,2H2,1H3. The van der Waals surface area contributed by atoms with Gasteiger partial charge in [0.2, 0.25) is 0 Å². The molecule has 0 saturated heterocycles. The molecule has 0 saturated carbocycles. The van der Waals surface area contributed by atoms with E-state index in [-0.39, 0.29) is 20.5 Å². The van der Waals surface area contributed by atoms with E-state index in [4.69, 9.17) is 4.74 Å². The van der Waals surface area contributed by atoms with Crippen molar-refractivity contribution in [1.82, 2.24) is 0 Å². The summed E-state index contributed by atoms with van der Waals surface area (Å²) >= 11 is 2.44. The second-order valence-electron chi connectivity index (χ2n) is 1.82. The van der Waals surface area contributed by atoms with Crippen LogP contribution in [0.3, 0.4) is 0 Å². The van der Waals surface area contributed by atoms with E-state index in [0.29, 0.717) is 6.61 Å². The van der Waals surface area contributed by atoms with Gasteiger partial charge >= 0.3 is 85.1 Å². The van der Waals surface area contributed by atoms with Crippen molar-refractivity contribution in [3.05, 3.63) is 19.0 Å². The molecule has 4 heteroatoms. The monoisotopic (exact) mass is 330 g/mol. The Kier molecular flexibility index (Phi) is 3.62. The van der Waals surface area contributed by atoms with Crippen LogP contribution in [0.2, 0.25) is 0 Å². The molecule has 0 bridgehead atoms. The minimum atomic E-state index is -0.157. The van der Waals surface area contributed by atoms with Crippen LogP contribution in [0.4, 0.5) is 0 Å². The molecule has 0 aliphatic heterocycles. The van der Waals surface area contributed by atoms with Crippen LogP contribution in [0.1, 0.15) is 16.2 Å². The van der Waals surface area contributed by atoms with Gasteiger partial charge in [-0.1, -0.05) is 0 Å². The van der Waals surface area contributed by atoms with Gasteiger partial charge in [0.15, 0.2) is 0 Å². The maximum atomic E-state index is 11.1.